The van der Waals surface area contributed by atoms with Crippen molar-refractivity contribution in [1.82, 2.24) is 4.90 Å². The summed E-state index contributed by atoms with van der Waals surface area (Å²) in [4.78, 5) is 21.8. The Hall–Kier alpha value is -1.31. The molecule has 0 aliphatic rings. The maximum atomic E-state index is 12.2. The predicted octanol–water partition coefficient (Wildman–Crippen LogP) is 0.479. The number of halogens is 3. The van der Waals surface area contributed by atoms with E-state index in [0.29, 0.717) is 4.90 Å². The lowest BCUT2D eigenvalue weighted by atomic mass is 10.1. The van der Waals surface area contributed by atoms with Crippen molar-refractivity contribution in [2.45, 2.75) is 26.1 Å². The van der Waals surface area contributed by atoms with Crippen molar-refractivity contribution in [3.63, 3.8) is 0 Å². The van der Waals surface area contributed by atoms with Crippen LogP contribution in [0.3, 0.4) is 0 Å². The van der Waals surface area contributed by atoms with Gasteiger partial charge in [-0.15, -0.1) is 0 Å². The fraction of sp³-hybridized carbons (Fsp3) is 0.778. The minimum atomic E-state index is -5.08. The van der Waals surface area contributed by atoms with Gasteiger partial charge in [-0.25, -0.2) is 0 Å². The van der Waals surface area contributed by atoms with E-state index >= 15 is 0 Å². The van der Waals surface area contributed by atoms with Gasteiger partial charge in [-0.3, -0.25) is 9.59 Å². The molecular weight excluding hydrogens is 243 g/mol. The van der Waals surface area contributed by atoms with Gasteiger partial charge in [0.2, 0.25) is 0 Å². The summed E-state index contributed by atoms with van der Waals surface area (Å²) in [6, 6.07) is 0. The lowest BCUT2D eigenvalue weighted by Crippen LogP contribution is -2.47. The second-order valence-corrected chi connectivity index (χ2v) is 3.80. The zero-order valence-electron chi connectivity index (χ0n) is 9.36. The summed E-state index contributed by atoms with van der Waals surface area (Å²) in [5, 5.41) is 17.5. The number of aliphatic carboxylic acids is 1. The molecule has 0 aromatic carbocycles. The Morgan fingerprint density at radius 2 is 1.71 bits per heavy atom. The van der Waals surface area contributed by atoms with Gasteiger partial charge in [-0.2, -0.15) is 13.2 Å². The summed E-state index contributed by atoms with van der Waals surface area (Å²) >= 11 is 0. The minimum Gasteiger partial charge on any atom is -0.481 e. The Bertz CT molecular complexity index is 290. The van der Waals surface area contributed by atoms with E-state index in [1.54, 1.807) is 0 Å². The Morgan fingerprint density at radius 1 is 1.24 bits per heavy atom. The van der Waals surface area contributed by atoms with Crippen molar-refractivity contribution in [2.24, 2.45) is 5.92 Å². The van der Waals surface area contributed by atoms with Crippen molar-refractivity contribution in [3.05, 3.63) is 0 Å². The highest BCUT2D eigenvalue weighted by molar-refractivity contribution is 5.82. The number of carbonyl (C=O) groups is 2. The number of amides is 1. The average Bonchev–Trinajstić information content (AvgIpc) is 2.13. The molecule has 5 nitrogen and oxygen atoms in total. The van der Waals surface area contributed by atoms with Gasteiger partial charge in [0.05, 0.1) is 12.0 Å². The van der Waals surface area contributed by atoms with Crippen LogP contribution in [0, 0.1) is 5.92 Å². The Labute approximate surface area is 95.8 Å². The highest BCUT2D eigenvalue weighted by Gasteiger charge is 2.43. The van der Waals surface area contributed by atoms with Crippen LogP contribution < -0.4 is 0 Å². The fourth-order valence-electron chi connectivity index (χ4n) is 1.15. The highest BCUT2D eigenvalue weighted by atomic mass is 19.4. The molecule has 0 bridgehead atoms. The maximum absolute atomic E-state index is 12.2. The molecule has 0 rings (SSSR count). The second kappa shape index (κ2) is 5.85. The molecule has 0 radical (unpaired) electrons. The number of rotatable bonds is 5. The minimum absolute atomic E-state index is 0.295. The molecule has 17 heavy (non-hydrogen) atoms. The van der Waals surface area contributed by atoms with Crippen molar-refractivity contribution < 1.29 is 33.0 Å². The number of aliphatic hydroxyl groups is 1. The van der Waals surface area contributed by atoms with Gasteiger partial charge in [-0.05, 0) is 6.92 Å². The molecule has 0 fully saturated rings. The average molecular weight is 257 g/mol. The Balaban J connectivity index is 4.77. The molecule has 0 saturated heterocycles. The van der Waals surface area contributed by atoms with E-state index in [1.807, 2.05) is 0 Å². The lowest BCUT2D eigenvalue weighted by Gasteiger charge is -2.26. The van der Waals surface area contributed by atoms with Crippen molar-refractivity contribution in [2.75, 3.05) is 13.1 Å². The molecule has 0 aromatic rings. The molecule has 100 valence electrons. The van der Waals surface area contributed by atoms with Crippen molar-refractivity contribution in [1.29, 1.82) is 0 Å². The van der Waals surface area contributed by atoms with Crippen LogP contribution in [-0.2, 0) is 9.59 Å². The summed E-state index contributed by atoms with van der Waals surface area (Å²) in [6.45, 7) is 1.23. The summed E-state index contributed by atoms with van der Waals surface area (Å²) in [5.41, 5.74) is 0. The molecule has 2 atom stereocenters. The quantitative estimate of drug-likeness (QED) is 0.751. The largest absolute Gasteiger partial charge is 0.481 e. The lowest BCUT2D eigenvalue weighted by molar-refractivity contribution is -0.187. The summed E-state index contributed by atoms with van der Waals surface area (Å²) in [5.74, 6) is -4.60. The molecule has 0 aliphatic heterocycles. The van der Waals surface area contributed by atoms with E-state index in [4.69, 9.17) is 10.2 Å². The zero-order valence-corrected chi connectivity index (χ0v) is 9.36. The maximum Gasteiger partial charge on any atom is 0.471 e. The van der Waals surface area contributed by atoms with Crippen LogP contribution in [0.2, 0.25) is 0 Å². The number of aliphatic hydroxyl groups excluding tert-OH is 1. The summed E-state index contributed by atoms with van der Waals surface area (Å²) in [7, 11) is 0. The van der Waals surface area contributed by atoms with Crippen LogP contribution in [0.15, 0.2) is 0 Å². The topological polar surface area (TPSA) is 77.8 Å². The van der Waals surface area contributed by atoms with Crippen LogP contribution in [-0.4, -0.2) is 52.4 Å². The van der Waals surface area contributed by atoms with Gasteiger partial charge < -0.3 is 15.1 Å². The molecule has 0 heterocycles. The number of hydrogen-bond donors (Lipinski definition) is 2. The third-order valence-corrected chi connectivity index (χ3v) is 1.93. The molecule has 0 aliphatic carbocycles. The monoisotopic (exact) mass is 257 g/mol. The molecule has 0 saturated carbocycles. The normalized spacial score (nSPS) is 15.2. The van der Waals surface area contributed by atoms with Gasteiger partial charge in [0.15, 0.2) is 0 Å². The first kappa shape index (κ1) is 15.7. The number of carboxylic acids is 1. The van der Waals surface area contributed by atoms with Crippen LogP contribution in [0.4, 0.5) is 13.2 Å². The van der Waals surface area contributed by atoms with E-state index < -0.39 is 43.2 Å². The standard InChI is InChI=1S/C9H14F3NO4/c1-5(7(15)16)3-13(4-6(2)14)8(17)9(10,11)12/h5-6,14H,3-4H2,1-2H3,(H,15,16). The number of nitrogens with zero attached hydrogens (tertiary/aromatic N) is 1. The van der Waals surface area contributed by atoms with E-state index in [2.05, 4.69) is 0 Å². The first-order valence-corrected chi connectivity index (χ1v) is 4.82. The first-order valence-electron chi connectivity index (χ1n) is 4.82. The van der Waals surface area contributed by atoms with Crippen LogP contribution in [0.1, 0.15) is 13.8 Å². The summed E-state index contributed by atoms with van der Waals surface area (Å²) in [6.07, 6.45) is -6.24. The smallest absolute Gasteiger partial charge is 0.471 e. The Kier molecular flexibility index (Phi) is 5.40. The number of hydrogen-bond acceptors (Lipinski definition) is 3. The van der Waals surface area contributed by atoms with E-state index in [9.17, 15) is 22.8 Å². The van der Waals surface area contributed by atoms with Gasteiger partial charge in [-0.1, -0.05) is 6.92 Å². The third-order valence-electron chi connectivity index (χ3n) is 1.93. The first-order chi connectivity index (χ1) is 7.55. The summed E-state index contributed by atoms with van der Waals surface area (Å²) < 4.78 is 36.5. The van der Waals surface area contributed by atoms with Gasteiger partial charge in [0.25, 0.3) is 0 Å². The highest BCUT2D eigenvalue weighted by Crippen LogP contribution is 2.19. The predicted molar refractivity (Wildman–Crippen MR) is 51.1 cm³/mol. The number of carboxylic acid groups (broad SMARTS) is 1. The van der Waals surface area contributed by atoms with E-state index in [-0.39, 0.29) is 0 Å². The van der Waals surface area contributed by atoms with Crippen LogP contribution in [0.25, 0.3) is 0 Å². The van der Waals surface area contributed by atoms with Crippen molar-refractivity contribution >= 4 is 11.9 Å². The van der Waals surface area contributed by atoms with Crippen LogP contribution in [0.5, 0.6) is 0 Å². The van der Waals surface area contributed by atoms with Crippen molar-refractivity contribution in [3.8, 4) is 0 Å². The SMILES string of the molecule is CC(O)CN(CC(C)C(=O)O)C(=O)C(F)(F)F. The molecule has 0 spiro atoms. The van der Waals surface area contributed by atoms with Crippen LogP contribution >= 0.6 is 0 Å². The van der Waals surface area contributed by atoms with Gasteiger partial charge >= 0.3 is 18.1 Å². The second-order valence-electron chi connectivity index (χ2n) is 3.80. The van der Waals surface area contributed by atoms with Gasteiger partial charge in [0, 0.05) is 13.1 Å². The van der Waals surface area contributed by atoms with Gasteiger partial charge in [0.1, 0.15) is 0 Å². The third kappa shape index (κ3) is 5.53. The Morgan fingerprint density at radius 3 is 2.00 bits per heavy atom. The number of alkyl halides is 3. The molecule has 2 N–H and O–H groups in total. The number of carbonyl (C=O) groups excluding carboxylic acids is 1. The molecule has 0 aromatic heterocycles. The molecule has 2 unspecified atom stereocenters. The van der Waals surface area contributed by atoms with E-state index in [1.165, 1.54) is 13.8 Å². The molecule has 1 amide bonds. The molecular formula is C9H14F3NO4. The fourth-order valence-corrected chi connectivity index (χ4v) is 1.15. The zero-order chi connectivity index (χ0) is 13.8. The van der Waals surface area contributed by atoms with E-state index in [0.717, 1.165) is 0 Å². The molecule has 8 heteroatoms.